The normalized spacial score (nSPS) is 12.4. The fourth-order valence-corrected chi connectivity index (χ4v) is 1.98. The zero-order chi connectivity index (χ0) is 18.3. The molecule has 0 aliphatic carbocycles. The van der Waals surface area contributed by atoms with Crippen molar-refractivity contribution in [2.45, 2.75) is 78.4 Å². The van der Waals surface area contributed by atoms with E-state index in [0.29, 0.717) is 12.8 Å². The second kappa shape index (κ2) is 8.35. The van der Waals surface area contributed by atoms with Gasteiger partial charge in [-0.15, -0.1) is 12.3 Å². The third-order valence-electron chi connectivity index (χ3n) is 2.99. The molecule has 0 radical (unpaired) electrons. The summed E-state index contributed by atoms with van der Waals surface area (Å²) in [4.78, 5) is 25.4. The van der Waals surface area contributed by atoms with E-state index in [1.54, 1.807) is 41.5 Å². The van der Waals surface area contributed by atoms with Crippen LogP contribution in [0.15, 0.2) is 0 Å². The third kappa shape index (κ3) is 7.51. The molecule has 0 rings (SSSR count). The molecule has 0 aliphatic heterocycles. The van der Waals surface area contributed by atoms with Gasteiger partial charge in [-0.3, -0.25) is 9.59 Å². The predicted molar refractivity (Wildman–Crippen MR) is 88.5 cm³/mol. The average molecular weight is 326 g/mol. The van der Waals surface area contributed by atoms with Gasteiger partial charge in [-0.1, -0.05) is 0 Å². The van der Waals surface area contributed by atoms with Crippen LogP contribution >= 0.6 is 0 Å². The van der Waals surface area contributed by atoms with Gasteiger partial charge in [0, 0.05) is 13.0 Å². The molecule has 0 aromatic heterocycles. The van der Waals surface area contributed by atoms with E-state index in [-0.39, 0.29) is 19.4 Å². The van der Waals surface area contributed by atoms with E-state index in [0.717, 1.165) is 0 Å². The Morgan fingerprint density at radius 1 is 0.957 bits per heavy atom. The largest absolute Gasteiger partial charge is 0.459 e. The molecule has 5 nitrogen and oxygen atoms in total. The lowest BCUT2D eigenvalue weighted by Gasteiger charge is -2.33. The molecule has 0 bridgehead atoms. The van der Waals surface area contributed by atoms with Crippen molar-refractivity contribution < 1.29 is 24.2 Å². The lowest BCUT2D eigenvalue weighted by molar-refractivity contribution is -0.185. The van der Waals surface area contributed by atoms with E-state index in [9.17, 15) is 9.59 Å². The number of aliphatic hydroxyl groups excluding tert-OH is 1. The number of hydrogen-bond acceptors (Lipinski definition) is 5. The summed E-state index contributed by atoms with van der Waals surface area (Å²) in [5, 5.41) is 8.97. The van der Waals surface area contributed by atoms with Gasteiger partial charge in [0.25, 0.3) is 0 Å². The first-order chi connectivity index (χ1) is 10.4. The van der Waals surface area contributed by atoms with Crippen LogP contribution in [-0.4, -0.2) is 34.9 Å². The summed E-state index contributed by atoms with van der Waals surface area (Å²) < 4.78 is 10.8. The van der Waals surface area contributed by atoms with Crippen molar-refractivity contribution in [3.63, 3.8) is 0 Å². The van der Waals surface area contributed by atoms with E-state index < -0.39 is 28.6 Å². The van der Waals surface area contributed by atoms with Crippen molar-refractivity contribution in [2.75, 3.05) is 6.61 Å². The van der Waals surface area contributed by atoms with Crippen molar-refractivity contribution in [1.29, 1.82) is 0 Å². The number of carbonyl (C=O) groups excluding carboxylic acids is 2. The monoisotopic (exact) mass is 326 g/mol. The van der Waals surface area contributed by atoms with Gasteiger partial charge in [0.2, 0.25) is 0 Å². The molecule has 0 fully saturated rings. The first-order valence-corrected chi connectivity index (χ1v) is 7.89. The molecule has 0 atom stereocenters. The Bertz CT molecular complexity index is 418. The second-order valence-corrected chi connectivity index (χ2v) is 7.65. The maximum Gasteiger partial charge on any atom is 0.325 e. The van der Waals surface area contributed by atoms with Gasteiger partial charge in [0.05, 0.1) is 0 Å². The minimum Gasteiger partial charge on any atom is -0.459 e. The number of terminal acetylenes is 1. The average Bonchev–Trinajstić information content (AvgIpc) is 2.33. The number of aliphatic hydroxyl groups is 1. The molecular weight excluding hydrogens is 296 g/mol. The standard InChI is InChI=1S/C18H30O5/c1-8-11-18(12-9-10-13-19,14(20)22-16(2,3)4)15(21)23-17(5,6)7/h1,19H,9-13H2,2-7H3. The summed E-state index contributed by atoms with van der Waals surface area (Å²) in [7, 11) is 0. The van der Waals surface area contributed by atoms with Crippen molar-refractivity contribution in [3.8, 4) is 12.3 Å². The first kappa shape index (κ1) is 21.5. The van der Waals surface area contributed by atoms with Crippen LogP contribution in [0.1, 0.15) is 67.2 Å². The van der Waals surface area contributed by atoms with E-state index in [1.807, 2.05) is 0 Å². The fraction of sp³-hybridized carbons (Fsp3) is 0.778. The molecule has 0 saturated carbocycles. The summed E-state index contributed by atoms with van der Waals surface area (Å²) in [5.41, 5.74) is -3.02. The fourth-order valence-electron chi connectivity index (χ4n) is 1.98. The highest BCUT2D eigenvalue weighted by molar-refractivity contribution is 6.00. The molecule has 5 heteroatoms. The Morgan fingerprint density at radius 2 is 1.39 bits per heavy atom. The van der Waals surface area contributed by atoms with Crippen LogP contribution in [-0.2, 0) is 19.1 Å². The number of carbonyl (C=O) groups is 2. The highest BCUT2D eigenvalue weighted by Gasteiger charge is 2.50. The van der Waals surface area contributed by atoms with Gasteiger partial charge in [-0.25, -0.2) is 0 Å². The van der Waals surface area contributed by atoms with Crippen molar-refractivity contribution >= 4 is 11.9 Å². The van der Waals surface area contributed by atoms with Gasteiger partial charge < -0.3 is 14.6 Å². The van der Waals surface area contributed by atoms with Crippen LogP contribution < -0.4 is 0 Å². The van der Waals surface area contributed by atoms with Gasteiger partial charge in [0.1, 0.15) is 11.2 Å². The number of rotatable bonds is 7. The van der Waals surface area contributed by atoms with E-state index >= 15 is 0 Å². The zero-order valence-corrected chi connectivity index (χ0v) is 15.2. The molecule has 0 aliphatic rings. The van der Waals surface area contributed by atoms with Crippen LogP contribution in [0.5, 0.6) is 0 Å². The topological polar surface area (TPSA) is 72.8 Å². The van der Waals surface area contributed by atoms with Crippen LogP contribution in [0.25, 0.3) is 0 Å². The van der Waals surface area contributed by atoms with Gasteiger partial charge in [-0.2, -0.15) is 0 Å². The molecule has 0 aromatic carbocycles. The van der Waals surface area contributed by atoms with Gasteiger partial charge in [-0.05, 0) is 60.8 Å². The molecule has 0 spiro atoms. The highest BCUT2D eigenvalue weighted by atomic mass is 16.6. The maximum atomic E-state index is 12.7. The van der Waals surface area contributed by atoms with Gasteiger partial charge in [0.15, 0.2) is 5.41 Å². The Balaban J connectivity index is 5.63. The maximum absolute atomic E-state index is 12.7. The number of unbranched alkanes of at least 4 members (excludes halogenated alkanes) is 1. The number of esters is 2. The zero-order valence-electron chi connectivity index (χ0n) is 15.2. The molecule has 0 saturated heterocycles. The van der Waals surface area contributed by atoms with E-state index in [4.69, 9.17) is 21.0 Å². The first-order valence-electron chi connectivity index (χ1n) is 7.89. The summed E-state index contributed by atoms with van der Waals surface area (Å²) in [5.74, 6) is 1.06. The Kier molecular flexibility index (Phi) is 7.79. The lowest BCUT2D eigenvalue weighted by atomic mass is 9.79. The minimum atomic E-state index is -1.54. The van der Waals surface area contributed by atoms with Crippen molar-refractivity contribution in [1.82, 2.24) is 0 Å². The summed E-state index contributed by atoms with van der Waals surface area (Å²) in [6.45, 7) is 10.4. The Morgan fingerprint density at radius 3 is 1.70 bits per heavy atom. The van der Waals surface area contributed by atoms with E-state index in [2.05, 4.69) is 5.92 Å². The number of hydrogen-bond donors (Lipinski definition) is 1. The molecule has 132 valence electrons. The highest BCUT2D eigenvalue weighted by Crippen LogP contribution is 2.35. The van der Waals surface area contributed by atoms with Crippen LogP contribution in [0.2, 0.25) is 0 Å². The molecule has 0 heterocycles. The molecular formula is C18H30O5. The molecule has 0 aromatic rings. The lowest BCUT2D eigenvalue weighted by Crippen LogP contribution is -2.46. The summed E-state index contributed by atoms with van der Waals surface area (Å²) in [6.07, 6.45) is 6.43. The SMILES string of the molecule is C#CCC(CCCCO)(C(=O)OC(C)(C)C)C(=O)OC(C)(C)C. The summed E-state index contributed by atoms with van der Waals surface area (Å²) >= 11 is 0. The molecule has 0 unspecified atom stereocenters. The number of ether oxygens (including phenoxy) is 2. The van der Waals surface area contributed by atoms with Crippen molar-refractivity contribution in [3.05, 3.63) is 0 Å². The molecule has 0 amide bonds. The van der Waals surface area contributed by atoms with Crippen LogP contribution in [0, 0.1) is 17.8 Å². The quantitative estimate of drug-likeness (QED) is 0.337. The Hall–Kier alpha value is -1.54. The third-order valence-corrected chi connectivity index (χ3v) is 2.99. The Labute approximate surface area is 139 Å². The second-order valence-electron chi connectivity index (χ2n) is 7.65. The van der Waals surface area contributed by atoms with Crippen molar-refractivity contribution in [2.24, 2.45) is 5.41 Å². The minimum absolute atomic E-state index is 0.0191. The van der Waals surface area contributed by atoms with Gasteiger partial charge >= 0.3 is 11.9 Å². The predicted octanol–water partition coefficient (Wildman–Crippen LogP) is 2.84. The van der Waals surface area contributed by atoms with E-state index in [1.165, 1.54) is 0 Å². The van der Waals surface area contributed by atoms with Crippen LogP contribution in [0.4, 0.5) is 0 Å². The molecule has 23 heavy (non-hydrogen) atoms. The smallest absolute Gasteiger partial charge is 0.325 e. The van der Waals surface area contributed by atoms with Crippen LogP contribution in [0.3, 0.4) is 0 Å². The summed E-state index contributed by atoms with van der Waals surface area (Å²) in [6, 6.07) is 0. The molecule has 1 N–H and O–H groups in total.